The lowest BCUT2D eigenvalue weighted by molar-refractivity contribution is -0.137. The summed E-state index contributed by atoms with van der Waals surface area (Å²) in [5.41, 5.74) is 0.662. The predicted octanol–water partition coefficient (Wildman–Crippen LogP) is 5.85. The molecule has 3 rings (SSSR count). The Kier molecular flexibility index (Phi) is 5.65. The van der Waals surface area contributed by atoms with Gasteiger partial charge in [-0.1, -0.05) is 49.4 Å². The number of amides is 1. The molecule has 2 aromatic carbocycles. The molecule has 1 amide bonds. The lowest BCUT2D eigenvalue weighted by Gasteiger charge is -2.20. The molecule has 1 atom stereocenters. The van der Waals surface area contributed by atoms with Crippen molar-refractivity contribution in [3.63, 3.8) is 0 Å². The average molecular weight is 389 g/mol. The zero-order valence-electron chi connectivity index (χ0n) is 14.6. The molecule has 6 heteroatoms. The summed E-state index contributed by atoms with van der Waals surface area (Å²) in [4.78, 5) is 13.6. The molecular weight excluding hydrogens is 371 g/mol. The summed E-state index contributed by atoms with van der Waals surface area (Å²) in [5, 5.41) is 4.65. The van der Waals surface area contributed by atoms with E-state index in [-0.39, 0.29) is 5.56 Å². The topological polar surface area (TPSA) is 29.1 Å². The first-order valence-corrected chi connectivity index (χ1v) is 9.37. The fraction of sp³-hybridized carbons (Fsp3) is 0.190. The third-order valence-electron chi connectivity index (χ3n) is 4.30. The number of carbonyl (C=O) groups is 1. The van der Waals surface area contributed by atoms with Crippen molar-refractivity contribution in [2.75, 3.05) is 0 Å². The summed E-state index contributed by atoms with van der Waals surface area (Å²) >= 11 is 1.45. The fourth-order valence-electron chi connectivity index (χ4n) is 2.86. The Bertz CT molecular complexity index is 902. The summed E-state index contributed by atoms with van der Waals surface area (Å²) < 4.78 is 39.7. The summed E-state index contributed by atoms with van der Waals surface area (Å²) in [7, 11) is 0. The SMILES string of the molecule is CCc1ccc(C(NC(=O)c2ccccc2C(F)(F)F)c2cccs2)cc1. The van der Waals surface area contributed by atoms with Crippen molar-refractivity contribution in [2.45, 2.75) is 25.6 Å². The van der Waals surface area contributed by atoms with Crippen LogP contribution in [0.3, 0.4) is 0 Å². The molecule has 3 aromatic rings. The molecule has 140 valence electrons. The molecule has 0 aliphatic rings. The van der Waals surface area contributed by atoms with Crippen LogP contribution >= 0.6 is 11.3 Å². The Balaban J connectivity index is 1.95. The quantitative estimate of drug-likeness (QED) is 0.583. The van der Waals surface area contributed by atoms with Crippen LogP contribution < -0.4 is 5.32 Å². The Hall–Kier alpha value is -2.60. The standard InChI is InChI=1S/C21H18F3NOS/c1-2-14-9-11-15(12-10-14)19(18-8-5-13-27-18)25-20(26)16-6-3-4-7-17(16)21(22,23)24/h3-13,19H,2H2,1H3,(H,25,26). The summed E-state index contributed by atoms with van der Waals surface area (Å²) in [6, 6.07) is 15.8. The van der Waals surface area contributed by atoms with Gasteiger partial charge in [-0.05, 0) is 41.1 Å². The van der Waals surface area contributed by atoms with Crippen molar-refractivity contribution in [3.8, 4) is 0 Å². The van der Waals surface area contributed by atoms with Gasteiger partial charge in [0.25, 0.3) is 5.91 Å². The van der Waals surface area contributed by atoms with Gasteiger partial charge in [0.2, 0.25) is 0 Å². The largest absolute Gasteiger partial charge is 0.417 e. The second-order valence-electron chi connectivity index (χ2n) is 6.06. The van der Waals surface area contributed by atoms with Crippen molar-refractivity contribution < 1.29 is 18.0 Å². The third kappa shape index (κ3) is 4.39. The second-order valence-corrected chi connectivity index (χ2v) is 7.04. The molecule has 0 aliphatic heterocycles. The maximum absolute atomic E-state index is 13.2. The van der Waals surface area contributed by atoms with E-state index < -0.39 is 23.7 Å². The van der Waals surface area contributed by atoms with Crippen molar-refractivity contribution in [1.29, 1.82) is 0 Å². The van der Waals surface area contributed by atoms with Crippen LogP contribution in [0.4, 0.5) is 13.2 Å². The minimum absolute atomic E-state index is 0.378. The van der Waals surface area contributed by atoms with Gasteiger partial charge < -0.3 is 5.32 Å². The number of hydrogen-bond acceptors (Lipinski definition) is 2. The van der Waals surface area contributed by atoms with Gasteiger partial charge in [0, 0.05) is 4.88 Å². The first-order valence-electron chi connectivity index (χ1n) is 8.49. The molecule has 1 aromatic heterocycles. The van der Waals surface area contributed by atoms with Gasteiger partial charge in [0.05, 0.1) is 17.2 Å². The van der Waals surface area contributed by atoms with Crippen LogP contribution in [0.15, 0.2) is 66.0 Å². The predicted molar refractivity (Wildman–Crippen MR) is 101 cm³/mol. The summed E-state index contributed by atoms with van der Waals surface area (Å²) in [6.45, 7) is 2.04. The highest BCUT2D eigenvalue weighted by molar-refractivity contribution is 7.10. The Labute approximate surface area is 159 Å². The summed E-state index contributed by atoms with van der Waals surface area (Å²) in [6.07, 6.45) is -3.70. The Morgan fingerprint density at radius 2 is 1.74 bits per heavy atom. The Morgan fingerprint density at radius 3 is 2.33 bits per heavy atom. The van der Waals surface area contributed by atoms with Crippen LogP contribution in [0, 0.1) is 0 Å². The van der Waals surface area contributed by atoms with E-state index in [0.29, 0.717) is 0 Å². The molecule has 2 nitrogen and oxygen atoms in total. The molecule has 1 N–H and O–H groups in total. The van der Waals surface area contributed by atoms with Gasteiger partial charge in [-0.3, -0.25) is 4.79 Å². The van der Waals surface area contributed by atoms with Crippen LogP contribution in [0.1, 0.15) is 44.9 Å². The molecular formula is C21H18F3NOS. The van der Waals surface area contributed by atoms with Gasteiger partial charge >= 0.3 is 6.18 Å². The maximum atomic E-state index is 13.2. The van der Waals surface area contributed by atoms with E-state index in [9.17, 15) is 18.0 Å². The van der Waals surface area contributed by atoms with Crippen LogP contribution in [-0.4, -0.2) is 5.91 Å². The van der Waals surface area contributed by atoms with E-state index in [1.165, 1.54) is 29.5 Å². The highest BCUT2D eigenvalue weighted by atomic mass is 32.1. The number of hydrogen-bond donors (Lipinski definition) is 1. The lowest BCUT2D eigenvalue weighted by atomic mass is 10.0. The smallest absolute Gasteiger partial charge is 0.340 e. The van der Waals surface area contributed by atoms with Gasteiger partial charge in [0.1, 0.15) is 0 Å². The van der Waals surface area contributed by atoms with E-state index in [4.69, 9.17) is 0 Å². The summed E-state index contributed by atoms with van der Waals surface area (Å²) in [5.74, 6) is -0.749. The Morgan fingerprint density at radius 1 is 1.04 bits per heavy atom. The number of thiophene rings is 1. The van der Waals surface area contributed by atoms with Crippen LogP contribution in [-0.2, 0) is 12.6 Å². The van der Waals surface area contributed by atoms with Gasteiger partial charge in [0.15, 0.2) is 0 Å². The monoisotopic (exact) mass is 389 g/mol. The number of nitrogens with one attached hydrogen (secondary N) is 1. The lowest BCUT2D eigenvalue weighted by Crippen LogP contribution is -2.30. The number of halogens is 3. The van der Waals surface area contributed by atoms with Crippen LogP contribution in [0.2, 0.25) is 0 Å². The number of rotatable bonds is 5. The number of alkyl halides is 3. The first kappa shape index (κ1) is 19.2. The number of benzene rings is 2. The van der Waals surface area contributed by atoms with Crippen molar-refractivity contribution >= 4 is 17.2 Å². The molecule has 0 saturated carbocycles. The molecule has 0 aliphatic carbocycles. The third-order valence-corrected chi connectivity index (χ3v) is 5.24. The highest BCUT2D eigenvalue weighted by Crippen LogP contribution is 2.33. The molecule has 0 bridgehead atoms. The van der Waals surface area contributed by atoms with Crippen LogP contribution in [0.5, 0.6) is 0 Å². The van der Waals surface area contributed by atoms with Gasteiger partial charge in [-0.25, -0.2) is 0 Å². The van der Waals surface area contributed by atoms with Gasteiger partial charge in [-0.15, -0.1) is 11.3 Å². The van der Waals surface area contributed by atoms with Crippen molar-refractivity contribution in [3.05, 3.63) is 93.2 Å². The normalized spacial score (nSPS) is 12.6. The molecule has 27 heavy (non-hydrogen) atoms. The molecule has 1 heterocycles. The van der Waals surface area contributed by atoms with Crippen molar-refractivity contribution in [1.82, 2.24) is 5.32 Å². The maximum Gasteiger partial charge on any atom is 0.417 e. The van der Waals surface area contributed by atoms with Crippen LogP contribution in [0.25, 0.3) is 0 Å². The molecule has 1 unspecified atom stereocenters. The van der Waals surface area contributed by atoms with E-state index in [1.807, 2.05) is 48.7 Å². The van der Waals surface area contributed by atoms with E-state index in [2.05, 4.69) is 5.32 Å². The van der Waals surface area contributed by atoms with E-state index >= 15 is 0 Å². The zero-order valence-corrected chi connectivity index (χ0v) is 15.4. The minimum Gasteiger partial charge on any atom is -0.340 e. The van der Waals surface area contributed by atoms with E-state index in [1.54, 1.807) is 0 Å². The molecule has 0 saturated heterocycles. The zero-order chi connectivity index (χ0) is 19.4. The molecule has 0 fully saturated rings. The van der Waals surface area contributed by atoms with Crippen molar-refractivity contribution in [2.24, 2.45) is 0 Å². The molecule has 0 spiro atoms. The first-order chi connectivity index (χ1) is 12.9. The number of carbonyl (C=O) groups excluding carboxylic acids is 1. The minimum atomic E-state index is -4.59. The van der Waals surface area contributed by atoms with Gasteiger partial charge in [-0.2, -0.15) is 13.2 Å². The fourth-order valence-corrected chi connectivity index (χ4v) is 3.66. The molecule has 0 radical (unpaired) electrons. The second kappa shape index (κ2) is 7.96. The van der Waals surface area contributed by atoms with E-state index in [0.717, 1.165) is 28.5 Å². The average Bonchev–Trinajstić information content (AvgIpc) is 3.20. The number of aryl methyl sites for hydroxylation is 1. The highest BCUT2D eigenvalue weighted by Gasteiger charge is 2.35.